The van der Waals surface area contributed by atoms with Gasteiger partial charge in [0.25, 0.3) is 0 Å². The summed E-state index contributed by atoms with van der Waals surface area (Å²) in [7, 11) is 1.00. The van der Waals surface area contributed by atoms with E-state index in [2.05, 4.69) is 15.0 Å². The third-order valence-corrected chi connectivity index (χ3v) is 4.50. The highest BCUT2D eigenvalue weighted by atomic mass is 19.2. The van der Waals surface area contributed by atoms with Crippen molar-refractivity contribution in [1.82, 2.24) is 9.97 Å². The van der Waals surface area contributed by atoms with Gasteiger partial charge in [0, 0.05) is 20.0 Å². The molecule has 2 aromatic heterocycles. The molecule has 0 bridgehead atoms. The summed E-state index contributed by atoms with van der Waals surface area (Å²) in [6.07, 6.45) is -4.51. The van der Waals surface area contributed by atoms with Gasteiger partial charge in [0.15, 0.2) is 23.3 Å². The number of hydrogen-bond acceptors (Lipinski definition) is 7. The number of halogens is 6. The van der Waals surface area contributed by atoms with Crippen LogP contribution in [0.15, 0.2) is 4.99 Å². The van der Waals surface area contributed by atoms with Crippen molar-refractivity contribution in [2.24, 2.45) is 4.99 Å². The number of aliphatic imine (C=N–C) groups is 1. The highest BCUT2D eigenvalue weighted by Crippen LogP contribution is 2.31. The molecule has 0 saturated carbocycles. The molecule has 1 aliphatic heterocycles. The van der Waals surface area contributed by atoms with E-state index in [4.69, 9.17) is 9.84 Å². The zero-order valence-corrected chi connectivity index (χ0v) is 17.0. The van der Waals surface area contributed by atoms with Crippen LogP contribution in [0.1, 0.15) is 41.5 Å². The standard InChI is InChI=1S/C18H15F6N3O3.CH4O/c1-5-12(19)10(14(21)16(23)25-5)8(28)3-7-4-9(29)30-18(27-7)11-13(20)6(2)26-17(24)15(11)22;1-2/h7-9,28-29H,3-4H2,1-2H3;2H,1H3. The molecule has 3 N–H and O–H groups in total. The molecule has 1 aliphatic rings. The summed E-state index contributed by atoms with van der Waals surface area (Å²) in [5, 5.41) is 27.1. The van der Waals surface area contributed by atoms with Crippen LogP contribution in [-0.2, 0) is 4.74 Å². The molecule has 3 heterocycles. The highest BCUT2D eigenvalue weighted by Gasteiger charge is 2.33. The van der Waals surface area contributed by atoms with Gasteiger partial charge in [-0.1, -0.05) is 0 Å². The molecule has 0 aliphatic carbocycles. The Kier molecular flexibility index (Phi) is 8.15. The van der Waals surface area contributed by atoms with Crippen LogP contribution in [0.25, 0.3) is 0 Å². The second-order valence-corrected chi connectivity index (χ2v) is 6.67. The first-order chi connectivity index (χ1) is 15.0. The Balaban J connectivity index is 0.00000176. The van der Waals surface area contributed by atoms with Crippen LogP contribution in [-0.4, -0.2) is 50.6 Å². The first kappa shape index (κ1) is 25.5. The van der Waals surface area contributed by atoms with Crippen molar-refractivity contribution in [2.75, 3.05) is 7.11 Å². The minimum Gasteiger partial charge on any atom is -0.448 e. The van der Waals surface area contributed by atoms with Crippen LogP contribution < -0.4 is 0 Å². The van der Waals surface area contributed by atoms with E-state index >= 15 is 0 Å². The highest BCUT2D eigenvalue weighted by molar-refractivity contribution is 5.95. The number of pyridine rings is 2. The van der Waals surface area contributed by atoms with E-state index in [1.807, 2.05) is 0 Å². The molecule has 32 heavy (non-hydrogen) atoms. The third kappa shape index (κ3) is 5.00. The molecule has 7 nitrogen and oxygen atoms in total. The molecule has 13 heteroatoms. The average Bonchev–Trinajstić information content (AvgIpc) is 2.72. The zero-order chi connectivity index (χ0) is 24.3. The van der Waals surface area contributed by atoms with Crippen molar-refractivity contribution < 1.29 is 46.4 Å². The van der Waals surface area contributed by atoms with Crippen LogP contribution in [0.5, 0.6) is 0 Å². The summed E-state index contributed by atoms with van der Waals surface area (Å²) in [6.45, 7) is 2.13. The van der Waals surface area contributed by atoms with Crippen molar-refractivity contribution >= 4 is 5.90 Å². The first-order valence-electron chi connectivity index (χ1n) is 9.09. The van der Waals surface area contributed by atoms with Crippen LogP contribution in [0.2, 0.25) is 0 Å². The van der Waals surface area contributed by atoms with Gasteiger partial charge in [-0.05, 0) is 13.8 Å². The minimum atomic E-state index is -1.94. The monoisotopic (exact) mass is 467 g/mol. The fraction of sp³-hybridized carbons (Fsp3) is 0.421. The maximum absolute atomic E-state index is 14.3. The van der Waals surface area contributed by atoms with Crippen molar-refractivity contribution in [3.8, 4) is 0 Å². The Morgan fingerprint density at radius 2 is 1.44 bits per heavy atom. The molecular weight excluding hydrogens is 448 g/mol. The summed E-state index contributed by atoms with van der Waals surface area (Å²) < 4.78 is 88.5. The topological polar surface area (TPSA) is 108 Å². The summed E-state index contributed by atoms with van der Waals surface area (Å²) in [6, 6.07) is -1.16. The van der Waals surface area contributed by atoms with E-state index in [0.29, 0.717) is 0 Å². The molecule has 0 amide bonds. The van der Waals surface area contributed by atoms with Crippen molar-refractivity contribution in [2.45, 2.75) is 45.1 Å². The van der Waals surface area contributed by atoms with Gasteiger partial charge in [-0.15, -0.1) is 0 Å². The molecule has 0 aromatic carbocycles. The average molecular weight is 467 g/mol. The van der Waals surface area contributed by atoms with Gasteiger partial charge in [-0.3, -0.25) is 0 Å². The quantitative estimate of drug-likeness (QED) is 0.471. The van der Waals surface area contributed by atoms with Crippen LogP contribution in [0, 0.1) is 49.0 Å². The third-order valence-electron chi connectivity index (χ3n) is 4.50. The Morgan fingerprint density at radius 1 is 0.906 bits per heavy atom. The molecule has 0 radical (unpaired) electrons. The predicted molar refractivity (Wildman–Crippen MR) is 97.4 cm³/mol. The Morgan fingerprint density at radius 3 is 2.03 bits per heavy atom. The van der Waals surface area contributed by atoms with Crippen LogP contribution in [0.3, 0.4) is 0 Å². The molecular formula is C19H19F6N3O4. The van der Waals surface area contributed by atoms with Crippen molar-refractivity contribution in [3.63, 3.8) is 0 Å². The molecule has 176 valence electrons. The molecule has 0 spiro atoms. The lowest BCUT2D eigenvalue weighted by Crippen LogP contribution is -2.32. The summed E-state index contributed by atoms with van der Waals surface area (Å²) >= 11 is 0. The molecule has 3 unspecified atom stereocenters. The maximum atomic E-state index is 14.3. The number of aliphatic hydroxyl groups is 3. The van der Waals surface area contributed by atoms with Crippen molar-refractivity contribution in [1.29, 1.82) is 0 Å². The van der Waals surface area contributed by atoms with Gasteiger partial charge in [0.1, 0.15) is 5.56 Å². The molecule has 3 rings (SSSR count). The van der Waals surface area contributed by atoms with Gasteiger partial charge in [-0.25, -0.2) is 32.5 Å². The van der Waals surface area contributed by atoms with Gasteiger partial charge in [-0.2, -0.15) is 8.78 Å². The van der Waals surface area contributed by atoms with Gasteiger partial charge < -0.3 is 20.1 Å². The number of nitrogens with zero attached hydrogens (tertiary/aromatic N) is 3. The summed E-state index contributed by atoms with van der Waals surface area (Å²) in [5.41, 5.74) is -3.02. The molecule has 3 atom stereocenters. The Hall–Kier alpha value is -2.77. The maximum Gasteiger partial charge on any atom is 0.250 e. The van der Waals surface area contributed by atoms with E-state index in [1.54, 1.807) is 0 Å². The summed E-state index contributed by atoms with van der Waals surface area (Å²) in [4.78, 5) is 9.88. The number of aliphatic hydroxyl groups excluding tert-OH is 3. The largest absolute Gasteiger partial charge is 0.448 e. The molecule has 2 aromatic rings. The molecule has 0 saturated heterocycles. The fourth-order valence-electron chi connectivity index (χ4n) is 3.06. The Labute approximate surface area is 178 Å². The summed E-state index contributed by atoms with van der Waals surface area (Å²) in [5.74, 6) is -10.0. The minimum absolute atomic E-state index is 0.327. The number of ether oxygens (including phenoxy) is 1. The van der Waals surface area contributed by atoms with E-state index in [9.17, 15) is 36.6 Å². The van der Waals surface area contributed by atoms with E-state index in [0.717, 1.165) is 21.0 Å². The lowest BCUT2D eigenvalue weighted by Gasteiger charge is -2.27. The number of hydrogen-bond donors (Lipinski definition) is 3. The van der Waals surface area contributed by atoms with Crippen LogP contribution >= 0.6 is 0 Å². The molecule has 0 fully saturated rings. The Bertz CT molecular complexity index is 985. The van der Waals surface area contributed by atoms with Gasteiger partial charge >= 0.3 is 0 Å². The second kappa shape index (κ2) is 10.2. The lowest BCUT2D eigenvalue weighted by atomic mass is 9.98. The first-order valence-corrected chi connectivity index (χ1v) is 9.09. The van der Waals surface area contributed by atoms with Gasteiger partial charge in [0.05, 0.1) is 29.1 Å². The normalized spacial score (nSPS) is 18.9. The fourth-order valence-corrected chi connectivity index (χ4v) is 3.06. The SMILES string of the molecule is CO.Cc1nc(F)c(F)c(C2=NC(CC(O)c3c(F)c(C)nc(F)c3F)CC(O)O2)c1F. The number of rotatable bonds is 4. The van der Waals surface area contributed by atoms with Crippen LogP contribution in [0.4, 0.5) is 26.3 Å². The van der Waals surface area contributed by atoms with E-state index in [1.165, 1.54) is 0 Å². The zero-order valence-electron chi connectivity index (χ0n) is 17.0. The number of aromatic nitrogens is 2. The van der Waals surface area contributed by atoms with Crippen molar-refractivity contribution in [3.05, 3.63) is 57.7 Å². The predicted octanol–water partition coefficient (Wildman–Crippen LogP) is 2.51. The second-order valence-electron chi connectivity index (χ2n) is 6.67. The smallest absolute Gasteiger partial charge is 0.250 e. The lowest BCUT2D eigenvalue weighted by molar-refractivity contribution is -0.0498. The number of aryl methyl sites for hydroxylation is 2. The van der Waals surface area contributed by atoms with E-state index in [-0.39, 0.29) is 6.42 Å². The van der Waals surface area contributed by atoms with Gasteiger partial charge in [0.2, 0.25) is 24.1 Å². The van der Waals surface area contributed by atoms with E-state index < -0.39 is 88.4 Å².